The third-order valence-corrected chi connectivity index (χ3v) is 3.85. The summed E-state index contributed by atoms with van der Waals surface area (Å²) in [5.41, 5.74) is 9.76. The topological polar surface area (TPSA) is 51.2 Å². The summed E-state index contributed by atoms with van der Waals surface area (Å²) in [4.78, 5) is 0. The molecule has 3 heteroatoms. The fraction of sp³-hybridized carbons (Fsp3) is 0.222. The predicted octanol–water partition coefficient (Wildman–Crippen LogP) is 3.07. The molecule has 3 N–H and O–H groups in total. The molecule has 1 aromatic heterocycles. The number of fused-ring (bicyclic) bond motifs is 1. The fourth-order valence-corrected chi connectivity index (χ4v) is 2.78. The molecule has 0 fully saturated rings. The van der Waals surface area contributed by atoms with Gasteiger partial charge in [0.1, 0.15) is 0 Å². The first-order valence-electron chi connectivity index (χ1n) is 7.27. The van der Waals surface area contributed by atoms with Crippen molar-refractivity contribution in [3.63, 3.8) is 0 Å². The molecule has 3 nitrogen and oxygen atoms in total. The summed E-state index contributed by atoms with van der Waals surface area (Å²) < 4.78 is 2.23. The van der Waals surface area contributed by atoms with Crippen LogP contribution in [0.5, 0.6) is 0 Å². The summed E-state index contributed by atoms with van der Waals surface area (Å²) in [5.74, 6) is 0. The molecule has 0 aliphatic carbocycles. The highest BCUT2D eigenvalue weighted by atomic mass is 16.3. The zero-order chi connectivity index (χ0) is 14.7. The Morgan fingerprint density at radius 2 is 1.71 bits per heavy atom. The van der Waals surface area contributed by atoms with Crippen molar-refractivity contribution in [1.29, 1.82) is 0 Å². The Morgan fingerprint density at radius 3 is 2.48 bits per heavy atom. The minimum absolute atomic E-state index is 0.110. The molecule has 108 valence electrons. The molecule has 3 rings (SSSR count). The number of nitrogens with two attached hydrogens (primary N) is 1. The van der Waals surface area contributed by atoms with E-state index in [1.165, 1.54) is 16.5 Å². The first-order valence-corrected chi connectivity index (χ1v) is 7.27. The first-order chi connectivity index (χ1) is 10.3. The lowest BCUT2D eigenvalue weighted by atomic mass is 10.0. The van der Waals surface area contributed by atoms with Crippen LogP contribution in [0.4, 0.5) is 0 Å². The van der Waals surface area contributed by atoms with E-state index in [2.05, 4.69) is 47.2 Å². The van der Waals surface area contributed by atoms with E-state index in [4.69, 9.17) is 10.8 Å². The van der Waals surface area contributed by atoms with Crippen LogP contribution in [-0.4, -0.2) is 16.3 Å². The molecule has 1 atom stereocenters. The molecule has 3 aromatic rings. The van der Waals surface area contributed by atoms with E-state index in [9.17, 15) is 0 Å². The second-order valence-corrected chi connectivity index (χ2v) is 5.33. The smallest absolute Gasteiger partial charge is 0.0486 e. The molecule has 1 heterocycles. The Morgan fingerprint density at radius 1 is 1.00 bits per heavy atom. The zero-order valence-electron chi connectivity index (χ0n) is 11.9. The van der Waals surface area contributed by atoms with Gasteiger partial charge in [-0.3, -0.25) is 0 Å². The number of benzene rings is 2. The summed E-state index contributed by atoms with van der Waals surface area (Å²) in [6, 6.07) is 18.6. The van der Waals surface area contributed by atoms with E-state index < -0.39 is 0 Å². The van der Waals surface area contributed by atoms with Crippen molar-refractivity contribution in [2.75, 3.05) is 6.61 Å². The van der Waals surface area contributed by atoms with Crippen LogP contribution < -0.4 is 5.73 Å². The van der Waals surface area contributed by atoms with Gasteiger partial charge in [-0.25, -0.2) is 0 Å². The predicted molar refractivity (Wildman–Crippen MR) is 86.1 cm³/mol. The third kappa shape index (κ3) is 2.84. The normalized spacial score (nSPS) is 12.7. The van der Waals surface area contributed by atoms with Crippen LogP contribution in [0.25, 0.3) is 10.9 Å². The van der Waals surface area contributed by atoms with Crippen molar-refractivity contribution in [3.05, 3.63) is 71.9 Å². The number of hydrogen-bond acceptors (Lipinski definition) is 2. The van der Waals surface area contributed by atoms with Gasteiger partial charge in [0.05, 0.1) is 0 Å². The monoisotopic (exact) mass is 280 g/mol. The van der Waals surface area contributed by atoms with Crippen molar-refractivity contribution in [1.82, 2.24) is 4.57 Å². The Labute approximate surface area is 124 Å². The Hall–Kier alpha value is -2.10. The molecule has 1 unspecified atom stereocenters. The highest BCUT2D eigenvalue weighted by Gasteiger charge is 2.14. The van der Waals surface area contributed by atoms with Crippen LogP contribution in [0, 0.1) is 0 Å². The standard InChI is InChI=1S/C18H20N2O/c19-17(10-11-21)16-13-20(12-14-6-2-1-3-7-14)18-9-5-4-8-15(16)18/h1-9,13,17,21H,10-12,19H2. The van der Waals surface area contributed by atoms with E-state index in [0.717, 1.165) is 12.1 Å². The van der Waals surface area contributed by atoms with Gasteiger partial charge in [0.2, 0.25) is 0 Å². The summed E-state index contributed by atoms with van der Waals surface area (Å²) >= 11 is 0. The molecule has 0 saturated carbocycles. The van der Waals surface area contributed by atoms with E-state index in [1.54, 1.807) is 0 Å². The minimum atomic E-state index is -0.128. The number of aliphatic hydroxyl groups is 1. The van der Waals surface area contributed by atoms with Crippen LogP contribution in [0.1, 0.15) is 23.6 Å². The maximum absolute atomic E-state index is 9.13. The van der Waals surface area contributed by atoms with E-state index in [-0.39, 0.29) is 12.6 Å². The van der Waals surface area contributed by atoms with Gasteiger partial charge >= 0.3 is 0 Å². The molecule has 0 radical (unpaired) electrons. The SMILES string of the molecule is NC(CCO)c1cn(Cc2ccccc2)c2ccccc12. The van der Waals surface area contributed by atoms with Gasteiger partial charge in [-0.15, -0.1) is 0 Å². The molecule has 21 heavy (non-hydrogen) atoms. The summed E-state index contributed by atoms with van der Waals surface area (Å²) in [6.45, 7) is 0.937. The Balaban J connectivity index is 2.03. The van der Waals surface area contributed by atoms with Crippen LogP contribution >= 0.6 is 0 Å². The highest BCUT2D eigenvalue weighted by Crippen LogP contribution is 2.27. The van der Waals surface area contributed by atoms with Gasteiger partial charge in [-0.2, -0.15) is 0 Å². The quantitative estimate of drug-likeness (QED) is 0.754. The summed E-state index contributed by atoms with van der Waals surface area (Å²) in [5, 5.41) is 10.3. The van der Waals surface area contributed by atoms with Crippen LogP contribution in [-0.2, 0) is 6.54 Å². The van der Waals surface area contributed by atoms with E-state index >= 15 is 0 Å². The third-order valence-electron chi connectivity index (χ3n) is 3.85. The second-order valence-electron chi connectivity index (χ2n) is 5.33. The number of nitrogens with zero attached hydrogens (tertiary/aromatic N) is 1. The lowest BCUT2D eigenvalue weighted by molar-refractivity contribution is 0.277. The maximum Gasteiger partial charge on any atom is 0.0486 e. The van der Waals surface area contributed by atoms with Crippen molar-refractivity contribution >= 4 is 10.9 Å². The molecule has 0 bridgehead atoms. The lowest BCUT2D eigenvalue weighted by Crippen LogP contribution is -2.11. The van der Waals surface area contributed by atoms with E-state index in [0.29, 0.717) is 6.42 Å². The van der Waals surface area contributed by atoms with Crippen molar-refractivity contribution in [3.8, 4) is 0 Å². The van der Waals surface area contributed by atoms with Gasteiger partial charge in [0.15, 0.2) is 0 Å². The number of hydrogen-bond donors (Lipinski definition) is 2. The van der Waals surface area contributed by atoms with Gasteiger partial charge in [-0.1, -0.05) is 48.5 Å². The minimum Gasteiger partial charge on any atom is -0.396 e. The van der Waals surface area contributed by atoms with Gasteiger partial charge in [0.25, 0.3) is 0 Å². The molecule has 0 spiro atoms. The van der Waals surface area contributed by atoms with Crippen molar-refractivity contribution in [2.45, 2.75) is 19.0 Å². The largest absolute Gasteiger partial charge is 0.396 e. The molecule has 0 aliphatic heterocycles. The van der Waals surface area contributed by atoms with Crippen LogP contribution in [0.15, 0.2) is 60.8 Å². The Kier molecular flexibility index (Phi) is 4.04. The van der Waals surface area contributed by atoms with Crippen molar-refractivity contribution < 1.29 is 5.11 Å². The number of aromatic nitrogens is 1. The van der Waals surface area contributed by atoms with Gasteiger partial charge in [-0.05, 0) is 23.6 Å². The Bertz CT molecular complexity index is 718. The first kappa shape index (κ1) is 13.9. The van der Waals surface area contributed by atoms with Crippen molar-refractivity contribution in [2.24, 2.45) is 5.73 Å². The average molecular weight is 280 g/mol. The molecular weight excluding hydrogens is 260 g/mol. The van der Waals surface area contributed by atoms with E-state index in [1.807, 2.05) is 18.2 Å². The van der Waals surface area contributed by atoms with Crippen LogP contribution in [0.2, 0.25) is 0 Å². The molecule has 0 aliphatic rings. The molecule has 0 amide bonds. The highest BCUT2D eigenvalue weighted by molar-refractivity contribution is 5.84. The molecule has 2 aromatic carbocycles. The van der Waals surface area contributed by atoms with Crippen LogP contribution in [0.3, 0.4) is 0 Å². The summed E-state index contributed by atoms with van der Waals surface area (Å²) in [7, 11) is 0. The second kappa shape index (κ2) is 6.12. The molecule has 0 saturated heterocycles. The lowest BCUT2D eigenvalue weighted by Gasteiger charge is -2.08. The maximum atomic E-state index is 9.13. The number of aliphatic hydroxyl groups excluding tert-OH is 1. The number of para-hydroxylation sites is 1. The number of rotatable bonds is 5. The summed E-state index contributed by atoms with van der Waals surface area (Å²) in [6.07, 6.45) is 2.71. The zero-order valence-corrected chi connectivity index (χ0v) is 11.9. The van der Waals surface area contributed by atoms with Gasteiger partial charge in [0, 0.05) is 36.3 Å². The molecular formula is C18H20N2O. The van der Waals surface area contributed by atoms with Gasteiger partial charge < -0.3 is 15.4 Å². The average Bonchev–Trinajstić information content (AvgIpc) is 2.88. The fourth-order valence-electron chi connectivity index (χ4n) is 2.78.